The zero-order valence-corrected chi connectivity index (χ0v) is 15.0. The van der Waals surface area contributed by atoms with Crippen molar-refractivity contribution >= 4 is 5.91 Å². The van der Waals surface area contributed by atoms with Crippen molar-refractivity contribution in [3.8, 4) is 0 Å². The molecule has 0 radical (unpaired) electrons. The highest BCUT2D eigenvalue weighted by molar-refractivity contribution is 5.81. The van der Waals surface area contributed by atoms with Crippen LogP contribution in [0.5, 0.6) is 0 Å². The highest BCUT2D eigenvalue weighted by Gasteiger charge is 2.32. The topological polar surface area (TPSA) is 56.6 Å². The van der Waals surface area contributed by atoms with Gasteiger partial charge >= 0.3 is 0 Å². The first kappa shape index (κ1) is 17.4. The molecule has 1 aromatic heterocycles. The zero-order valence-electron chi connectivity index (χ0n) is 15.0. The average molecular weight is 335 g/mol. The molecule has 3 heterocycles. The Hall–Kier alpha value is -1.40. The van der Waals surface area contributed by atoms with Gasteiger partial charge in [-0.15, -0.1) is 0 Å². The van der Waals surface area contributed by atoms with Gasteiger partial charge in [0, 0.05) is 18.8 Å². The van der Waals surface area contributed by atoms with Crippen LogP contribution in [0.3, 0.4) is 0 Å². The van der Waals surface area contributed by atoms with Crippen LogP contribution in [0, 0.1) is 13.8 Å². The lowest BCUT2D eigenvalue weighted by Crippen LogP contribution is -2.44. The average Bonchev–Trinajstić information content (AvgIpc) is 3.27. The predicted octanol–water partition coefficient (Wildman–Crippen LogP) is 2.08. The fraction of sp³-hybridized carbons (Fsp3) is 0.778. The Morgan fingerprint density at radius 1 is 1.42 bits per heavy atom. The highest BCUT2D eigenvalue weighted by atomic mass is 16.5. The number of hydrogen-bond acceptors (Lipinski definition) is 4. The number of hydrogen-bond donors (Lipinski definition) is 0. The van der Waals surface area contributed by atoms with E-state index < -0.39 is 6.10 Å². The van der Waals surface area contributed by atoms with Crippen LogP contribution in [-0.2, 0) is 20.8 Å². The fourth-order valence-electron chi connectivity index (χ4n) is 3.71. The first-order valence-corrected chi connectivity index (χ1v) is 9.09. The molecule has 24 heavy (non-hydrogen) atoms. The number of ether oxygens (including phenoxy) is 2. The molecule has 0 bridgehead atoms. The van der Waals surface area contributed by atoms with Crippen LogP contribution in [0.2, 0.25) is 0 Å². The number of rotatable bonds is 6. The van der Waals surface area contributed by atoms with Gasteiger partial charge in [-0.3, -0.25) is 9.48 Å². The molecule has 1 amide bonds. The van der Waals surface area contributed by atoms with Gasteiger partial charge in [-0.25, -0.2) is 0 Å². The number of carbonyl (C=O) groups excluding carboxylic acids is 1. The van der Waals surface area contributed by atoms with E-state index >= 15 is 0 Å². The van der Waals surface area contributed by atoms with Crippen molar-refractivity contribution in [3.05, 3.63) is 17.5 Å². The summed E-state index contributed by atoms with van der Waals surface area (Å²) in [6.45, 7) is 8.84. The van der Waals surface area contributed by atoms with Crippen molar-refractivity contribution in [2.24, 2.45) is 0 Å². The molecule has 0 unspecified atom stereocenters. The second kappa shape index (κ2) is 7.66. The van der Waals surface area contributed by atoms with Gasteiger partial charge in [0.05, 0.1) is 31.0 Å². The number of amides is 1. The summed E-state index contributed by atoms with van der Waals surface area (Å²) >= 11 is 0. The third-order valence-electron chi connectivity index (χ3n) is 5.05. The minimum atomic E-state index is -0.407. The van der Waals surface area contributed by atoms with Gasteiger partial charge in [-0.05, 0) is 52.5 Å². The molecule has 6 nitrogen and oxygen atoms in total. The zero-order chi connectivity index (χ0) is 17.1. The van der Waals surface area contributed by atoms with E-state index in [0.717, 1.165) is 56.8 Å². The number of nitrogens with zero attached hydrogens (tertiary/aromatic N) is 3. The van der Waals surface area contributed by atoms with Crippen molar-refractivity contribution in [2.75, 3.05) is 19.8 Å². The van der Waals surface area contributed by atoms with Crippen LogP contribution in [0.1, 0.15) is 44.0 Å². The van der Waals surface area contributed by atoms with Crippen LogP contribution in [0.15, 0.2) is 6.07 Å². The summed E-state index contributed by atoms with van der Waals surface area (Å²) in [7, 11) is 0. The summed E-state index contributed by atoms with van der Waals surface area (Å²) in [5.41, 5.74) is 2.17. The molecule has 6 heteroatoms. The number of carbonyl (C=O) groups is 1. The molecule has 0 spiro atoms. The Labute approximate surface area is 144 Å². The quantitative estimate of drug-likeness (QED) is 0.799. The third-order valence-corrected chi connectivity index (χ3v) is 5.05. The largest absolute Gasteiger partial charge is 0.376 e. The van der Waals surface area contributed by atoms with E-state index in [9.17, 15) is 4.79 Å². The van der Waals surface area contributed by atoms with Crippen LogP contribution >= 0.6 is 0 Å². The predicted molar refractivity (Wildman–Crippen MR) is 90.8 cm³/mol. The molecule has 2 saturated heterocycles. The van der Waals surface area contributed by atoms with Gasteiger partial charge in [0.2, 0.25) is 0 Å². The lowest BCUT2D eigenvalue weighted by molar-refractivity contribution is -0.145. The molecule has 1 aromatic rings. The summed E-state index contributed by atoms with van der Waals surface area (Å²) in [5, 5.41) is 4.53. The first-order chi connectivity index (χ1) is 11.5. The van der Waals surface area contributed by atoms with Gasteiger partial charge in [0.1, 0.15) is 6.10 Å². The summed E-state index contributed by atoms with van der Waals surface area (Å²) in [5.74, 6) is 0.0945. The van der Waals surface area contributed by atoms with Crippen LogP contribution < -0.4 is 0 Å². The van der Waals surface area contributed by atoms with Crippen molar-refractivity contribution in [1.82, 2.24) is 14.7 Å². The van der Waals surface area contributed by atoms with Gasteiger partial charge < -0.3 is 14.4 Å². The van der Waals surface area contributed by atoms with Crippen molar-refractivity contribution < 1.29 is 14.3 Å². The third kappa shape index (κ3) is 3.98. The van der Waals surface area contributed by atoms with Gasteiger partial charge in [0.25, 0.3) is 5.91 Å². The smallest absolute Gasteiger partial charge is 0.251 e. The molecule has 0 N–H and O–H groups in total. The summed E-state index contributed by atoms with van der Waals surface area (Å²) in [4.78, 5) is 14.8. The second-order valence-electron chi connectivity index (χ2n) is 7.05. The van der Waals surface area contributed by atoms with E-state index in [4.69, 9.17) is 9.47 Å². The lowest BCUT2D eigenvalue weighted by atomic mass is 10.2. The highest BCUT2D eigenvalue weighted by Crippen LogP contribution is 2.22. The SMILES string of the molecule is Cc1cc(C)n(C[C@@H]2CCCN2C(=O)[C@H](C)OC[C@@H]2CCCO2)n1. The fourth-order valence-corrected chi connectivity index (χ4v) is 3.71. The van der Waals surface area contributed by atoms with Gasteiger partial charge in [0.15, 0.2) is 0 Å². The Kier molecular flexibility index (Phi) is 5.56. The Balaban J connectivity index is 1.55. The van der Waals surface area contributed by atoms with E-state index in [1.165, 1.54) is 0 Å². The van der Waals surface area contributed by atoms with E-state index in [1.54, 1.807) is 0 Å². The molecule has 2 aliphatic rings. The molecule has 3 atom stereocenters. The number of aromatic nitrogens is 2. The standard InChI is InChI=1S/C18H29N3O3/c1-13-10-14(2)21(19-13)11-16-6-4-8-20(16)18(22)15(3)24-12-17-7-5-9-23-17/h10,15-17H,4-9,11-12H2,1-3H3/t15-,16-,17-/m0/s1. The van der Waals surface area contributed by atoms with Gasteiger partial charge in [-0.2, -0.15) is 5.10 Å². The molecule has 0 aromatic carbocycles. The van der Waals surface area contributed by atoms with E-state index in [2.05, 4.69) is 18.1 Å². The molecule has 2 aliphatic heterocycles. The van der Waals surface area contributed by atoms with Crippen LogP contribution in [-0.4, -0.2) is 58.6 Å². The number of aryl methyl sites for hydroxylation is 2. The molecule has 134 valence electrons. The monoisotopic (exact) mass is 335 g/mol. The minimum Gasteiger partial charge on any atom is -0.376 e. The van der Waals surface area contributed by atoms with Gasteiger partial charge in [-0.1, -0.05) is 0 Å². The van der Waals surface area contributed by atoms with E-state index in [1.807, 2.05) is 23.4 Å². The molecule has 0 saturated carbocycles. The van der Waals surface area contributed by atoms with Crippen molar-refractivity contribution in [2.45, 2.75) is 71.2 Å². The van der Waals surface area contributed by atoms with Crippen molar-refractivity contribution in [1.29, 1.82) is 0 Å². The summed E-state index contributed by atoms with van der Waals surface area (Å²) in [6.07, 6.45) is 3.95. The molecular formula is C18H29N3O3. The maximum atomic E-state index is 12.8. The number of likely N-dealkylation sites (tertiary alicyclic amines) is 1. The Morgan fingerprint density at radius 3 is 2.92 bits per heavy atom. The molecule has 0 aliphatic carbocycles. The molecule has 3 rings (SSSR count). The van der Waals surface area contributed by atoms with E-state index in [0.29, 0.717) is 6.61 Å². The minimum absolute atomic E-state index is 0.0945. The maximum Gasteiger partial charge on any atom is 0.251 e. The first-order valence-electron chi connectivity index (χ1n) is 9.09. The van der Waals surface area contributed by atoms with Crippen LogP contribution in [0.4, 0.5) is 0 Å². The summed E-state index contributed by atoms with van der Waals surface area (Å²) in [6, 6.07) is 2.29. The summed E-state index contributed by atoms with van der Waals surface area (Å²) < 4.78 is 13.4. The molecular weight excluding hydrogens is 306 g/mol. The second-order valence-corrected chi connectivity index (χ2v) is 7.05. The Morgan fingerprint density at radius 2 is 2.25 bits per heavy atom. The lowest BCUT2D eigenvalue weighted by Gasteiger charge is -2.28. The normalized spacial score (nSPS) is 25.4. The van der Waals surface area contributed by atoms with Crippen molar-refractivity contribution in [3.63, 3.8) is 0 Å². The molecule has 2 fully saturated rings. The maximum absolute atomic E-state index is 12.8. The van der Waals surface area contributed by atoms with E-state index in [-0.39, 0.29) is 18.1 Å². The Bertz CT molecular complexity index is 566. The van der Waals surface area contributed by atoms with Crippen LogP contribution in [0.25, 0.3) is 0 Å².